The van der Waals surface area contributed by atoms with E-state index in [-0.39, 0.29) is 0 Å². The molecule has 0 aliphatic heterocycles. The van der Waals surface area contributed by atoms with Crippen LogP contribution in [-0.4, -0.2) is 11.6 Å². The van der Waals surface area contributed by atoms with Crippen LogP contribution < -0.4 is 10.5 Å². The van der Waals surface area contributed by atoms with Crippen LogP contribution in [0.15, 0.2) is 18.2 Å². The Bertz CT molecular complexity index is 368. The van der Waals surface area contributed by atoms with E-state index in [2.05, 4.69) is 0 Å². The molecule has 88 valence electrons. The molecule has 1 aromatic carbocycles. The second-order valence-corrected chi connectivity index (χ2v) is 4.64. The van der Waals surface area contributed by atoms with E-state index >= 15 is 0 Å². The van der Waals surface area contributed by atoms with E-state index in [9.17, 15) is 0 Å². The number of halogens is 1. The van der Waals surface area contributed by atoms with Gasteiger partial charge in [-0.25, -0.2) is 0 Å². The van der Waals surface area contributed by atoms with Gasteiger partial charge in [-0.2, -0.15) is 0 Å². The molecule has 0 aliphatic rings. The van der Waals surface area contributed by atoms with E-state index < -0.39 is 0 Å². The van der Waals surface area contributed by atoms with Crippen molar-refractivity contribution in [2.24, 2.45) is 5.73 Å². The van der Waals surface area contributed by atoms with Gasteiger partial charge in [0.2, 0.25) is 0 Å². The molecule has 0 atom stereocenters. The van der Waals surface area contributed by atoms with Gasteiger partial charge in [0, 0.05) is 0 Å². The van der Waals surface area contributed by atoms with Gasteiger partial charge in [0.15, 0.2) is 0 Å². The van der Waals surface area contributed by atoms with Crippen molar-refractivity contribution in [1.82, 2.24) is 0 Å². The third kappa shape index (κ3) is 4.81. The van der Waals surface area contributed by atoms with E-state index in [0.29, 0.717) is 16.6 Å². The average molecular weight is 258 g/mol. The molecular formula is C12H16ClNOS. The molecule has 1 aromatic rings. The van der Waals surface area contributed by atoms with Crippen molar-refractivity contribution in [2.45, 2.75) is 26.2 Å². The molecule has 0 saturated carbocycles. The lowest BCUT2D eigenvalue weighted by molar-refractivity contribution is 0.308. The normalized spacial score (nSPS) is 10.1. The first-order valence-electron chi connectivity index (χ1n) is 5.27. The lowest BCUT2D eigenvalue weighted by atomic mass is 10.2. The summed E-state index contributed by atoms with van der Waals surface area (Å²) in [6.07, 6.45) is 2.67. The molecule has 0 fully saturated rings. The predicted octanol–water partition coefficient (Wildman–Crippen LogP) is 3.48. The van der Waals surface area contributed by atoms with Crippen molar-refractivity contribution in [3.05, 3.63) is 28.8 Å². The molecule has 0 aromatic heterocycles. The van der Waals surface area contributed by atoms with Gasteiger partial charge in [-0.1, -0.05) is 29.9 Å². The summed E-state index contributed by atoms with van der Waals surface area (Å²) in [5.41, 5.74) is 6.53. The van der Waals surface area contributed by atoms with E-state index in [1.807, 2.05) is 25.1 Å². The van der Waals surface area contributed by atoms with Crippen LogP contribution in [0.1, 0.15) is 24.8 Å². The largest absolute Gasteiger partial charge is 0.492 e. The van der Waals surface area contributed by atoms with Gasteiger partial charge >= 0.3 is 0 Å². The summed E-state index contributed by atoms with van der Waals surface area (Å²) in [4.78, 5) is 0.563. The number of rotatable bonds is 6. The molecule has 4 heteroatoms. The zero-order valence-corrected chi connectivity index (χ0v) is 10.9. The number of hydrogen-bond acceptors (Lipinski definition) is 2. The number of benzene rings is 1. The maximum absolute atomic E-state index is 6.03. The number of ether oxygens (including phenoxy) is 1. The zero-order chi connectivity index (χ0) is 12.0. The van der Waals surface area contributed by atoms with Crippen molar-refractivity contribution in [3.63, 3.8) is 0 Å². The smallest absolute Gasteiger partial charge is 0.137 e. The molecule has 16 heavy (non-hydrogen) atoms. The van der Waals surface area contributed by atoms with E-state index in [1.54, 1.807) is 0 Å². The van der Waals surface area contributed by atoms with Crippen LogP contribution in [0.5, 0.6) is 5.75 Å². The fourth-order valence-corrected chi connectivity index (χ4v) is 1.74. The van der Waals surface area contributed by atoms with Gasteiger partial charge in [0.1, 0.15) is 5.75 Å². The quantitative estimate of drug-likeness (QED) is 0.626. The van der Waals surface area contributed by atoms with E-state index in [0.717, 1.165) is 30.6 Å². The summed E-state index contributed by atoms with van der Waals surface area (Å²) in [6.45, 7) is 2.64. The van der Waals surface area contributed by atoms with E-state index in [4.69, 9.17) is 34.3 Å². The minimum atomic E-state index is 0.563. The third-order valence-electron chi connectivity index (χ3n) is 2.16. The molecule has 2 nitrogen and oxygen atoms in total. The Labute approximate surface area is 107 Å². The Hall–Kier alpha value is -0.800. The van der Waals surface area contributed by atoms with Crippen LogP contribution in [0.2, 0.25) is 5.02 Å². The zero-order valence-electron chi connectivity index (χ0n) is 9.33. The maximum Gasteiger partial charge on any atom is 0.137 e. The summed E-state index contributed by atoms with van der Waals surface area (Å²) in [7, 11) is 0. The SMILES string of the molecule is Cc1ccc(OCCCCC(N)=S)c(Cl)c1. The highest BCUT2D eigenvalue weighted by Crippen LogP contribution is 2.25. The van der Waals surface area contributed by atoms with Crippen molar-refractivity contribution in [2.75, 3.05) is 6.61 Å². The molecule has 1 rings (SSSR count). The highest BCUT2D eigenvalue weighted by Gasteiger charge is 2.01. The number of thiocarbonyl (C=S) groups is 1. The summed E-state index contributed by atoms with van der Waals surface area (Å²) < 4.78 is 5.56. The summed E-state index contributed by atoms with van der Waals surface area (Å²) >= 11 is 10.8. The van der Waals surface area contributed by atoms with Crippen LogP contribution >= 0.6 is 23.8 Å². The average Bonchev–Trinajstić information content (AvgIpc) is 2.20. The van der Waals surface area contributed by atoms with Gasteiger partial charge < -0.3 is 10.5 Å². The molecule has 0 radical (unpaired) electrons. The summed E-state index contributed by atoms with van der Waals surface area (Å²) in [5.74, 6) is 0.739. The van der Waals surface area contributed by atoms with Crippen molar-refractivity contribution < 1.29 is 4.74 Å². The second-order valence-electron chi connectivity index (χ2n) is 3.71. The van der Waals surface area contributed by atoms with Crippen molar-refractivity contribution in [1.29, 1.82) is 0 Å². The van der Waals surface area contributed by atoms with Crippen LogP contribution in [-0.2, 0) is 0 Å². The predicted molar refractivity (Wildman–Crippen MR) is 72.3 cm³/mol. The third-order valence-corrected chi connectivity index (χ3v) is 2.66. The number of nitrogens with two attached hydrogens (primary N) is 1. The maximum atomic E-state index is 6.03. The van der Waals surface area contributed by atoms with Gasteiger partial charge in [0.05, 0.1) is 16.6 Å². The topological polar surface area (TPSA) is 35.2 Å². The molecule has 0 spiro atoms. The molecule has 2 N–H and O–H groups in total. The lowest BCUT2D eigenvalue weighted by Gasteiger charge is -2.08. The van der Waals surface area contributed by atoms with Gasteiger partial charge in [0.25, 0.3) is 0 Å². The molecular weight excluding hydrogens is 242 g/mol. The fourth-order valence-electron chi connectivity index (χ4n) is 1.31. The van der Waals surface area contributed by atoms with Crippen LogP contribution in [0, 0.1) is 6.92 Å². The van der Waals surface area contributed by atoms with Crippen LogP contribution in [0.25, 0.3) is 0 Å². The minimum absolute atomic E-state index is 0.563. The number of aryl methyl sites for hydroxylation is 1. The van der Waals surface area contributed by atoms with E-state index in [1.165, 1.54) is 0 Å². The standard InChI is InChI=1S/C12H16ClNOS/c1-9-5-6-11(10(13)8-9)15-7-3-2-4-12(14)16/h5-6,8H,2-4,7H2,1H3,(H2,14,16). The first kappa shape index (κ1) is 13.3. The number of hydrogen-bond donors (Lipinski definition) is 1. The molecule has 0 saturated heterocycles. The first-order valence-corrected chi connectivity index (χ1v) is 6.05. The van der Waals surface area contributed by atoms with Crippen molar-refractivity contribution in [3.8, 4) is 5.75 Å². The van der Waals surface area contributed by atoms with Crippen LogP contribution in [0.4, 0.5) is 0 Å². The Morgan fingerprint density at radius 2 is 2.19 bits per heavy atom. The molecule has 0 amide bonds. The van der Waals surface area contributed by atoms with Gasteiger partial charge in [-0.15, -0.1) is 0 Å². The fraction of sp³-hybridized carbons (Fsp3) is 0.417. The van der Waals surface area contributed by atoms with Crippen LogP contribution in [0.3, 0.4) is 0 Å². The minimum Gasteiger partial charge on any atom is -0.492 e. The Balaban J connectivity index is 2.29. The van der Waals surface area contributed by atoms with Gasteiger partial charge in [-0.05, 0) is 43.9 Å². The molecule has 0 aliphatic carbocycles. The molecule has 0 heterocycles. The Morgan fingerprint density at radius 3 is 2.81 bits per heavy atom. The Morgan fingerprint density at radius 1 is 1.44 bits per heavy atom. The second kappa shape index (κ2) is 6.71. The first-order chi connectivity index (χ1) is 7.59. The lowest BCUT2D eigenvalue weighted by Crippen LogP contribution is -2.08. The molecule has 0 bridgehead atoms. The highest BCUT2D eigenvalue weighted by molar-refractivity contribution is 7.80. The number of unbranched alkanes of at least 4 members (excludes halogenated alkanes) is 1. The summed E-state index contributed by atoms with van der Waals surface area (Å²) in [5, 5.41) is 0.661. The highest BCUT2D eigenvalue weighted by atomic mass is 35.5. The Kier molecular flexibility index (Phi) is 5.56. The van der Waals surface area contributed by atoms with Crippen molar-refractivity contribution >= 4 is 28.8 Å². The molecule has 0 unspecified atom stereocenters. The monoisotopic (exact) mass is 257 g/mol. The summed E-state index contributed by atoms with van der Waals surface area (Å²) in [6, 6.07) is 5.77. The van der Waals surface area contributed by atoms with Gasteiger partial charge in [-0.3, -0.25) is 0 Å².